The van der Waals surface area contributed by atoms with Gasteiger partial charge in [0.05, 0.1) is 0 Å². The van der Waals surface area contributed by atoms with Crippen molar-refractivity contribution in [3.8, 4) is 0 Å². The molecule has 3 heteroatoms. The van der Waals surface area contributed by atoms with Gasteiger partial charge in [-0.15, -0.1) is 0 Å². The maximum atomic E-state index is 13.9. The maximum Gasteiger partial charge on any atom is 0.125 e. The minimum Gasteiger partial charge on any atom is -0.367 e. The van der Waals surface area contributed by atoms with Gasteiger partial charge in [0.15, 0.2) is 0 Å². The highest BCUT2D eigenvalue weighted by Gasteiger charge is 2.17. The molecule has 0 fully saturated rings. The summed E-state index contributed by atoms with van der Waals surface area (Å²) in [5.41, 5.74) is 4.75. The molecule has 1 N–H and O–H groups in total. The van der Waals surface area contributed by atoms with E-state index in [1.165, 1.54) is 11.1 Å². The molecular formula is C18H21FN2. The molecule has 0 unspecified atom stereocenters. The van der Waals surface area contributed by atoms with Crippen molar-refractivity contribution in [3.63, 3.8) is 0 Å². The van der Waals surface area contributed by atoms with Crippen LogP contribution in [-0.2, 0) is 19.5 Å². The number of nitrogens with zero attached hydrogens (tertiary/aromatic N) is 1. The Morgan fingerprint density at radius 1 is 1.14 bits per heavy atom. The predicted octanol–water partition coefficient (Wildman–Crippen LogP) is 3.50. The van der Waals surface area contributed by atoms with E-state index in [2.05, 4.69) is 47.5 Å². The highest BCUT2D eigenvalue weighted by molar-refractivity contribution is 5.51. The van der Waals surface area contributed by atoms with E-state index in [1.54, 1.807) is 12.1 Å². The summed E-state index contributed by atoms with van der Waals surface area (Å²) in [5, 5.41) is 3.25. The number of benzene rings is 2. The molecular weight excluding hydrogens is 263 g/mol. The Bertz CT molecular complexity index is 624. The molecule has 2 aromatic carbocycles. The zero-order valence-electron chi connectivity index (χ0n) is 12.4. The summed E-state index contributed by atoms with van der Waals surface area (Å²) in [4.78, 5) is 2.26. The van der Waals surface area contributed by atoms with Crippen LogP contribution in [0.25, 0.3) is 0 Å². The number of rotatable bonds is 4. The number of hydrogen-bond donors (Lipinski definition) is 1. The van der Waals surface area contributed by atoms with Crippen molar-refractivity contribution >= 4 is 5.69 Å². The zero-order valence-corrected chi connectivity index (χ0v) is 12.4. The predicted molar refractivity (Wildman–Crippen MR) is 85.0 cm³/mol. The number of fused-ring (bicyclic) bond motifs is 1. The van der Waals surface area contributed by atoms with Gasteiger partial charge in [0, 0.05) is 25.3 Å². The van der Waals surface area contributed by atoms with Gasteiger partial charge in [-0.05, 0) is 47.9 Å². The Balaban J connectivity index is 1.83. The summed E-state index contributed by atoms with van der Waals surface area (Å²) in [6.45, 7) is 5.47. The first-order valence-electron chi connectivity index (χ1n) is 7.58. The van der Waals surface area contributed by atoms with Crippen LogP contribution in [-0.4, -0.2) is 13.1 Å². The molecule has 1 aliphatic heterocycles. The van der Waals surface area contributed by atoms with Crippen LogP contribution in [0.3, 0.4) is 0 Å². The minimum absolute atomic E-state index is 0.153. The van der Waals surface area contributed by atoms with Gasteiger partial charge < -0.3 is 10.2 Å². The van der Waals surface area contributed by atoms with E-state index in [0.29, 0.717) is 6.54 Å². The second kappa shape index (κ2) is 6.27. The lowest BCUT2D eigenvalue weighted by Gasteiger charge is -2.31. The lowest BCUT2D eigenvalue weighted by Crippen LogP contribution is -2.30. The molecule has 1 aliphatic rings. The Morgan fingerprint density at radius 2 is 1.95 bits per heavy atom. The quantitative estimate of drug-likeness (QED) is 0.924. The van der Waals surface area contributed by atoms with Crippen LogP contribution >= 0.6 is 0 Å². The standard InChI is InChI=1S/C18H21FN2/c1-2-20-12-14-9-17(19)11-18(10-14)21-8-7-15-5-3-4-6-16(15)13-21/h3-6,9-11,20H,2,7-8,12-13H2,1H3. The molecule has 0 saturated heterocycles. The van der Waals surface area contributed by atoms with Crippen LogP contribution in [0, 0.1) is 5.82 Å². The molecule has 0 amide bonds. The molecule has 2 aromatic rings. The Labute approximate surface area is 125 Å². The summed E-state index contributed by atoms with van der Waals surface area (Å²) in [6.07, 6.45) is 1.02. The van der Waals surface area contributed by atoms with Gasteiger partial charge in [-0.3, -0.25) is 0 Å². The fraction of sp³-hybridized carbons (Fsp3) is 0.333. The van der Waals surface area contributed by atoms with Crippen molar-refractivity contribution in [2.45, 2.75) is 26.4 Å². The van der Waals surface area contributed by atoms with Gasteiger partial charge in [0.25, 0.3) is 0 Å². The van der Waals surface area contributed by atoms with E-state index in [4.69, 9.17) is 0 Å². The van der Waals surface area contributed by atoms with E-state index in [9.17, 15) is 4.39 Å². The van der Waals surface area contributed by atoms with E-state index >= 15 is 0 Å². The van der Waals surface area contributed by atoms with Crippen LogP contribution in [0.1, 0.15) is 23.6 Å². The van der Waals surface area contributed by atoms with E-state index in [1.807, 2.05) is 0 Å². The van der Waals surface area contributed by atoms with Crippen molar-refractivity contribution in [1.29, 1.82) is 0 Å². The third kappa shape index (κ3) is 3.24. The third-order valence-electron chi connectivity index (χ3n) is 4.02. The van der Waals surface area contributed by atoms with Crippen molar-refractivity contribution < 1.29 is 4.39 Å². The topological polar surface area (TPSA) is 15.3 Å². The van der Waals surface area contributed by atoms with Crippen LogP contribution in [0.15, 0.2) is 42.5 Å². The van der Waals surface area contributed by atoms with Crippen LogP contribution < -0.4 is 10.2 Å². The summed E-state index contributed by atoms with van der Waals surface area (Å²) < 4.78 is 13.9. The third-order valence-corrected chi connectivity index (χ3v) is 4.02. The molecule has 0 saturated carbocycles. The Morgan fingerprint density at radius 3 is 2.76 bits per heavy atom. The average molecular weight is 284 g/mol. The summed E-state index contributed by atoms with van der Waals surface area (Å²) in [5.74, 6) is -0.153. The number of nitrogens with one attached hydrogen (secondary N) is 1. The number of anilines is 1. The zero-order chi connectivity index (χ0) is 14.7. The summed E-state index contributed by atoms with van der Waals surface area (Å²) >= 11 is 0. The van der Waals surface area contributed by atoms with E-state index in [0.717, 1.165) is 37.3 Å². The fourth-order valence-corrected chi connectivity index (χ4v) is 2.90. The second-order valence-corrected chi connectivity index (χ2v) is 5.54. The van der Waals surface area contributed by atoms with Gasteiger partial charge in [0.2, 0.25) is 0 Å². The molecule has 0 bridgehead atoms. The van der Waals surface area contributed by atoms with Crippen LogP contribution in [0.5, 0.6) is 0 Å². The Hall–Kier alpha value is -1.87. The van der Waals surface area contributed by atoms with Crippen molar-refractivity contribution in [2.75, 3.05) is 18.0 Å². The summed E-state index contributed by atoms with van der Waals surface area (Å²) in [6, 6.07) is 13.9. The first kappa shape index (κ1) is 14.1. The number of halogens is 1. The molecule has 1 heterocycles. The molecule has 0 atom stereocenters. The minimum atomic E-state index is -0.153. The molecule has 110 valence electrons. The van der Waals surface area contributed by atoms with Crippen LogP contribution in [0.2, 0.25) is 0 Å². The van der Waals surface area contributed by atoms with Crippen molar-refractivity contribution in [3.05, 3.63) is 65.0 Å². The smallest absolute Gasteiger partial charge is 0.125 e. The van der Waals surface area contributed by atoms with Gasteiger partial charge >= 0.3 is 0 Å². The number of hydrogen-bond acceptors (Lipinski definition) is 2. The van der Waals surface area contributed by atoms with Crippen molar-refractivity contribution in [1.82, 2.24) is 5.32 Å². The molecule has 0 aromatic heterocycles. The van der Waals surface area contributed by atoms with Crippen molar-refractivity contribution in [2.24, 2.45) is 0 Å². The molecule has 3 rings (SSSR count). The summed E-state index contributed by atoms with van der Waals surface area (Å²) in [7, 11) is 0. The largest absolute Gasteiger partial charge is 0.367 e. The molecule has 0 aliphatic carbocycles. The van der Waals surface area contributed by atoms with Crippen LogP contribution in [0.4, 0.5) is 10.1 Å². The monoisotopic (exact) mass is 284 g/mol. The average Bonchev–Trinajstić information content (AvgIpc) is 2.52. The highest BCUT2D eigenvalue weighted by atomic mass is 19.1. The molecule has 21 heavy (non-hydrogen) atoms. The first-order chi connectivity index (χ1) is 10.3. The lowest BCUT2D eigenvalue weighted by molar-refractivity contribution is 0.619. The molecule has 0 spiro atoms. The van der Waals surface area contributed by atoms with Gasteiger partial charge in [-0.2, -0.15) is 0 Å². The highest BCUT2D eigenvalue weighted by Crippen LogP contribution is 2.26. The normalized spacial score (nSPS) is 14.1. The van der Waals surface area contributed by atoms with E-state index in [-0.39, 0.29) is 5.82 Å². The van der Waals surface area contributed by atoms with Gasteiger partial charge in [0.1, 0.15) is 5.82 Å². The lowest BCUT2D eigenvalue weighted by atomic mass is 9.99. The van der Waals surface area contributed by atoms with Gasteiger partial charge in [-0.25, -0.2) is 4.39 Å². The SMILES string of the molecule is CCNCc1cc(F)cc(N2CCc3ccccc3C2)c1. The van der Waals surface area contributed by atoms with Gasteiger partial charge in [-0.1, -0.05) is 31.2 Å². The first-order valence-corrected chi connectivity index (χ1v) is 7.58. The fourth-order valence-electron chi connectivity index (χ4n) is 2.90. The Kier molecular flexibility index (Phi) is 4.20. The maximum absolute atomic E-state index is 13.9. The molecule has 2 nitrogen and oxygen atoms in total. The molecule has 0 radical (unpaired) electrons. The second-order valence-electron chi connectivity index (χ2n) is 5.54. The van der Waals surface area contributed by atoms with E-state index < -0.39 is 0 Å².